The van der Waals surface area contributed by atoms with Crippen molar-refractivity contribution in [1.82, 2.24) is 0 Å². The van der Waals surface area contributed by atoms with Crippen molar-refractivity contribution in [2.24, 2.45) is 0 Å². The van der Waals surface area contributed by atoms with Crippen molar-refractivity contribution in [2.75, 3.05) is 0 Å². The summed E-state index contributed by atoms with van der Waals surface area (Å²) in [5.41, 5.74) is 0.303. The average Bonchev–Trinajstić information content (AvgIpc) is 2.17. The third-order valence-electron chi connectivity index (χ3n) is 1.59. The monoisotopic (exact) mass is 224 g/mol. The number of aliphatic hydroxyl groups excluding tert-OH is 1. The lowest BCUT2D eigenvalue weighted by Gasteiger charge is -2.16. The van der Waals surface area contributed by atoms with Gasteiger partial charge in [-0.15, -0.1) is 0 Å². The Morgan fingerprint density at radius 1 is 1.33 bits per heavy atom. The normalized spacial score (nSPS) is 11.9. The van der Waals surface area contributed by atoms with Gasteiger partial charge in [0, 0.05) is 0 Å². The minimum absolute atomic E-state index is 0.303. The second-order valence-electron chi connectivity index (χ2n) is 2.77. The number of benzene rings is 1. The fraction of sp³-hybridized carbons (Fsp3) is 0.333. The average molecular weight is 224 g/mol. The molecule has 0 fully saturated rings. The highest BCUT2D eigenvalue weighted by Crippen LogP contribution is 2.27. The van der Waals surface area contributed by atoms with Gasteiger partial charge in [0.25, 0.3) is 0 Å². The molecule has 15 heavy (non-hydrogen) atoms. The largest absolute Gasteiger partial charge is 0.461 e. The third kappa shape index (κ3) is 3.09. The Balaban J connectivity index is 2.80. The van der Waals surface area contributed by atoms with E-state index in [-0.39, 0.29) is 6.61 Å². The van der Waals surface area contributed by atoms with Gasteiger partial charge in [-0.2, -0.15) is 17.6 Å². The standard InChI is InChI=1S/C9H8F4O2/c10-8(11)9(12,13)15-7-3-1-2-6(4-7)5-14/h1-4,8,14H,5H2. The van der Waals surface area contributed by atoms with Crippen LogP contribution < -0.4 is 4.74 Å². The molecule has 0 atom stereocenters. The molecule has 0 saturated carbocycles. The molecule has 0 amide bonds. The number of rotatable bonds is 4. The number of hydrogen-bond donors (Lipinski definition) is 1. The maximum absolute atomic E-state index is 12.4. The molecule has 0 bridgehead atoms. The van der Waals surface area contributed by atoms with Crippen molar-refractivity contribution in [1.29, 1.82) is 0 Å². The lowest BCUT2D eigenvalue weighted by molar-refractivity contribution is -0.253. The van der Waals surface area contributed by atoms with Crippen LogP contribution in [0.15, 0.2) is 24.3 Å². The molecular formula is C9H8F4O2. The fourth-order valence-electron chi connectivity index (χ4n) is 0.909. The van der Waals surface area contributed by atoms with Gasteiger partial charge in [0.2, 0.25) is 0 Å². The summed E-state index contributed by atoms with van der Waals surface area (Å²) in [7, 11) is 0. The molecule has 1 rings (SSSR count). The van der Waals surface area contributed by atoms with E-state index in [2.05, 4.69) is 4.74 Å². The summed E-state index contributed by atoms with van der Waals surface area (Å²) in [4.78, 5) is 0. The predicted octanol–water partition coefficient (Wildman–Crippen LogP) is 2.42. The van der Waals surface area contributed by atoms with E-state index in [4.69, 9.17) is 5.11 Å². The third-order valence-corrected chi connectivity index (χ3v) is 1.59. The molecule has 6 heteroatoms. The smallest absolute Gasteiger partial charge is 0.428 e. The van der Waals surface area contributed by atoms with Gasteiger partial charge in [0.1, 0.15) is 5.75 Å². The maximum Gasteiger partial charge on any atom is 0.461 e. The highest BCUT2D eigenvalue weighted by molar-refractivity contribution is 5.28. The van der Waals surface area contributed by atoms with Gasteiger partial charge in [0.15, 0.2) is 0 Å². The van der Waals surface area contributed by atoms with Crippen LogP contribution in [0.5, 0.6) is 5.75 Å². The molecule has 84 valence electrons. The molecule has 1 aromatic carbocycles. The number of aliphatic hydroxyl groups is 1. The van der Waals surface area contributed by atoms with E-state index in [0.29, 0.717) is 5.56 Å². The zero-order valence-electron chi connectivity index (χ0n) is 7.46. The summed E-state index contributed by atoms with van der Waals surface area (Å²) in [6.07, 6.45) is -8.41. The number of alkyl halides is 4. The summed E-state index contributed by atoms with van der Waals surface area (Å²) in [5, 5.41) is 8.68. The predicted molar refractivity (Wildman–Crippen MR) is 43.9 cm³/mol. The molecule has 0 aliphatic heterocycles. The zero-order valence-corrected chi connectivity index (χ0v) is 7.46. The number of halogens is 4. The van der Waals surface area contributed by atoms with Gasteiger partial charge in [-0.1, -0.05) is 12.1 Å². The Labute approximate surface area is 83.1 Å². The van der Waals surface area contributed by atoms with Crippen molar-refractivity contribution in [2.45, 2.75) is 19.1 Å². The topological polar surface area (TPSA) is 29.5 Å². The highest BCUT2D eigenvalue weighted by atomic mass is 19.3. The molecule has 1 N–H and O–H groups in total. The van der Waals surface area contributed by atoms with E-state index in [0.717, 1.165) is 12.1 Å². The number of hydrogen-bond acceptors (Lipinski definition) is 2. The van der Waals surface area contributed by atoms with Gasteiger partial charge in [-0.05, 0) is 17.7 Å². The Morgan fingerprint density at radius 2 is 2.00 bits per heavy atom. The van der Waals surface area contributed by atoms with Gasteiger partial charge in [-0.25, -0.2) is 0 Å². The van der Waals surface area contributed by atoms with Crippen molar-refractivity contribution in [3.05, 3.63) is 29.8 Å². The molecule has 0 aliphatic carbocycles. The summed E-state index contributed by atoms with van der Waals surface area (Å²) < 4.78 is 52.2. The molecule has 0 unspecified atom stereocenters. The molecule has 0 saturated heterocycles. The minimum Gasteiger partial charge on any atom is -0.428 e. The van der Waals surface area contributed by atoms with Crippen LogP contribution in [0.3, 0.4) is 0 Å². The van der Waals surface area contributed by atoms with Crippen LogP contribution in [0.1, 0.15) is 5.56 Å². The van der Waals surface area contributed by atoms with Crippen LogP contribution >= 0.6 is 0 Å². The van der Waals surface area contributed by atoms with Gasteiger partial charge < -0.3 is 9.84 Å². The van der Waals surface area contributed by atoms with Crippen LogP contribution in [0, 0.1) is 0 Å². The fourth-order valence-corrected chi connectivity index (χ4v) is 0.909. The van der Waals surface area contributed by atoms with Crippen molar-refractivity contribution >= 4 is 0 Å². The summed E-state index contributed by atoms with van der Waals surface area (Å²) in [6.45, 7) is -0.378. The first-order chi connectivity index (χ1) is 6.95. The van der Waals surface area contributed by atoms with Crippen LogP contribution in [0.25, 0.3) is 0 Å². The Kier molecular flexibility index (Phi) is 3.52. The highest BCUT2D eigenvalue weighted by Gasteiger charge is 2.43. The first-order valence-electron chi connectivity index (χ1n) is 4.00. The Morgan fingerprint density at radius 3 is 2.53 bits per heavy atom. The van der Waals surface area contributed by atoms with E-state index in [1.54, 1.807) is 0 Å². The summed E-state index contributed by atoms with van der Waals surface area (Å²) in [5.74, 6) is -0.410. The van der Waals surface area contributed by atoms with Crippen molar-refractivity contribution < 1.29 is 27.4 Å². The first-order valence-corrected chi connectivity index (χ1v) is 4.00. The van der Waals surface area contributed by atoms with Gasteiger partial charge >= 0.3 is 12.5 Å². The van der Waals surface area contributed by atoms with Crippen LogP contribution in [-0.4, -0.2) is 17.6 Å². The van der Waals surface area contributed by atoms with Gasteiger partial charge in [0.05, 0.1) is 6.61 Å². The molecule has 2 nitrogen and oxygen atoms in total. The quantitative estimate of drug-likeness (QED) is 0.796. The van der Waals surface area contributed by atoms with Crippen LogP contribution in [-0.2, 0) is 6.61 Å². The first kappa shape index (κ1) is 11.8. The van der Waals surface area contributed by atoms with E-state index in [1.807, 2.05) is 0 Å². The minimum atomic E-state index is -4.52. The van der Waals surface area contributed by atoms with Crippen LogP contribution in [0.4, 0.5) is 17.6 Å². The maximum atomic E-state index is 12.4. The van der Waals surface area contributed by atoms with E-state index in [9.17, 15) is 17.6 Å². The molecule has 0 aliphatic rings. The lowest BCUT2D eigenvalue weighted by Crippen LogP contribution is -2.33. The summed E-state index contributed by atoms with van der Waals surface area (Å²) >= 11 is 0. The molecule has 1 aromatic rings. The second kappa shape index (κ2) is 4.48. The molecule has 0 aromatic heterocycles. The number of ether oxygens (including phenoxy) is 1. The van der Waals surface area contributed by atoms with Gasteiger partial charge in [-0.3, -0.25) is 0 Å². The lowest BCUT2D eigenvalue weighted by atomic mass is 10.2. The van der Waals surface area contributed by atoms with E-state index < -0.39 is 18.3 Å². The van der Waals surface area contributed by atoms with Crippen molar-refractivity contribution in [3.63, 3.8) is 0 Å². The Bertz CT molecular complexity index is 328. The Hall–Kier alpha value is -1.30. The molecule has 0 spiro atoms. The van der Waals surface area contributed by atoms with Crippen molar-refractivity contribution in [3.8, 4) is 5.75 Å². The summed E-state index contributed by atoms with van der Waals surface area (Å²) in [6, 6.07) is 4.95. The zero-order chi connectivity index (χ0) is 11.5. The SMILES string of the molecule is OCc1cccc(OC(F)(F)C(F)F)c1. The second-order valence-corrected chi connectivity index (χ2v) is 2.77. The van der Waals surface area contributed by atoms with E-state index in [1.165, 1.54) is 12.1 Å². The van der Waals surface area contributed by atoms with E-state index >= 15 is 0 Å². The van der Waals surface area contributed by atoms with Crippen LogP contribution in [0.2, 0.25) is 0 Å². The molecule has 0 radical (unpaired) electrons. The molecular weight excluding hydrogens is 216 g/mol. The molecule has 0 heterocycles.